The Labute approximate surface area is 163 Å². The minimum absolute atomic E-state index is 0.118. The molecule has 6 heteroatoms. The molecule has 0 radical (unpaired) electrons. The molecule has 1 aliphatic rings. The van der Waals surface area contributed by atoms with Gasteiger partial charge in [-0.3, -0.25) is 9.59 Å². The Morgan fingerprint density at radius 3 is 2.26 bits per heavy atom. The third kappa shape index (κ3) is 7.19. The number of esters is 1. The van der Waals surface area contributed by atoms with Crippen molar-refractivity contribution in [3.05, 3.63) is 23.3 Å². The second kappa shape index (κ2) is 9.72. The van der Waals surface area contributed by atoms with E-state index in [0.717, 1.165) is 18.4 Å². The van der Waals surface area contributed by atoms with Gasteiger partial charge in [0.05, 0.1) is 12.1 Å². The zero-order valence-electron chi connectivity index (χ0n) is 17.7. The Hall–Kier alpha value is -2.11. The molecule has 1 rings (SSSR count). The van der Waals surface area contributed by atoms with Crippen LogP contribution in [0.1, 0.15) is 60.3 Å². The van der Waals surface area contributed by atoms with Gasteiger partial charge >= 0.3 is 17.8 Å². The van der Waals surface area contributed by atoms with E-state index in [-0.39, 0.29) is 23.5 Å². The second-order valence-corrected chi connectivity index (χ2v) is 8.50. The van der Waals surface area contributed by atoms with Gasteiger partial charge < -0.3 is 15.0 Å². The van der Waals surface area contributed by atoms with Crippen LogP contribution in [0, 0.1) is 5.41 Å². The Morgan fingerprint density at radius 1 is 1.19 bits per heavy atom. The average Bonchev–Trinajstić information content (AvgIpc) is 2.59. The van der Waals surface area contributed by atoms with E-state index >= 15 is 0 Å². The number of ether oxygens (including phenoxy) is 1. The Morgan fingerprint density at radius 2 is 1.81 bits per heavy atom. The van der Waals surface area contributed by atoms with E-state index in [1.807, 2.05) is 19.9 Å². The van der Waals surface area contributed by atoms with Crippen molar-refractivity contribution < 1.29 is 19.1 Å². The molecule has 0 unspecified atom stereocenters. The van der Waals surface area contributed by atoms with Crippen LogP contribution in [0.25, 0.3) is 0 Å². The normalized spacial score (nSPS) is 15.6. The predicted molar refractivity (Wildman–Crippen MR) is 106 cm³/mol. The minimum Gasteiger partial charge on any atom is -0.460 e. The summed E-state index contributed by atoms with van der Waals surface area (Å²) in [7, 11) is 3.12. The van der Waals surface area contributed by atoms with Crippen LogP contribution < -0.4 is 5.32 Å². The lowest BCUT2D eigenvalue weighted by molar-refractivity contribution is -0.145. The number of nitrogens with zero attached hydrogens (tertiary/aromatic N) is 1. The maximum Gasteiger partial charge on any atom is 0.334 e. The lowest BCUT2D eigenvalue weighted by Crippen LogP contribution is -2.46. The van der Waals surface area contributed by atoms with Gasteiger partial charge in [0, 0.05) is 19.7 Å². The molecule has 1 atom stereocenters. The summed E-state index contributed by atoms with van der Waals surface area (Å²) in [5.41, 5.74) is 1.81. The molecule has 0 heterocycles. The summed E-state index contributed by atoms with van der Waals surface area (Å²) in [4.78, 5) is 37.8. The molecule has 0 bridgehead atoms. The quantitative estimate of drug-likeness (QED) is 0.569. The molecule has 6 nitrogen and oxygen atoms in total. The molecule has 152 valence electrons. The molecule has 0 aromatic carbocycles. The van der Waals surface area contributed by atoms with Crippen LogP contribution in [0.4, 0.5) is 0 Å². The van der Waals surface area contributed by atoms with Gasteiger partial charge in [0.15, 0.2) is 0 Å². The number of allylic oxidation sites excluding steroid dienone is 2. The number of nitrogens with one attached hydrogen (secondary N) is 1. The Kier molecular flexibility index (Phi) is 8.25. The topological polar surface area (TPSA) is 75.7 Å². The molecule has 0 saturated heterocycles. The third-order valence-electron chi connectivity index (χ3n) is 4.59. The molecule has 2 amide bonds. The molecule has 27 heavy (non-hydrogen) atoms. The first-order valence-corrected chi connectivity index (χ1v) is 9.55. The molecule has 0 spiro atoms. The highest BCUT2D eigenvalue weighted by molar-refractivity contribution is 6.34. The molecule has 0 saturated carbocycles. The fraction of sp³-hybridized carbons (Fsp3) is 0.667. The zero-order chi connectivity index (χ0) is 20.8. The minimum atomic E-state index is -0.619. The van der Waals surface area contributed by atoms with Crippen molar-refractivity contribution in [3.8, 4) is 0 Å². The number of amides is 2. The van der Waals surface area contributed by atoms with Gasteiger partial charge in [-0.25, -0.2) is 4.79 Å². The van der Waals surface area contributed by atoms with Crippen molar-refractivity contribution in [2.24, 2.45) is 5.41 Å². The fourth-order valence-electron chi connectivity index (χ4n) is 3.00. The number of hydrogen-bond acceptors (Lipinski definition) is 4. The highest BCUT2D eigenvalue weighted by Crippen LogP contribution is 2.30. The van der Waals surface area contributed by atoms with Crippen LogP contribution in [0.5, 0.6) is 0 Å². The Bertz CT molecular complexity index is 627. The van der Waals surface area contributed by atoms with Gasteiger partial charge in [0.2, 0.25) is 0 Å². The largest absolute Gasteiger partial charge is 0.460 e. The standard InChI is InChI=1S/C21H34N2O4/c1-14(2)27-20(26)16-10-8-15(9-11-16)17(12-13-21(3,4)5)23(7)19(25)18(24)22-6/h8,10,14,17H,9,11-13H2,1-7H3,(H,22,24)/t17-/m1/s1. The summed E-state index contributed by atoms with van der Waals surface area (Å²) in [6, 6.07) is -0.173. The van der Waals surface area contributed by atoms with E-state index in [1.54, 1.807) is 13.1 Å². The third-order valence-corrected chi connectivity index (χ3v) is 4.59. The molecule has 0 aliphatic heterocycles. The highest BCUT2D eigenvalue weighted by atomic mass is 16.5. The zero-order valence-corrected chi connectivity index (χ0v) is 17.7. The smallest absolute Gasteiger partial charge is 0.334 e. The van der Waals surface area contributed by atoms with Crippen LogP contribution in [0.3, 0.4) is 0 Å². The van der Waals surface area contributed by atoms with Crippen LogP contribution >= 0.6 is 0 Å². The lowest BCUT2D eigenvalue weighted by Gasteiger charge is -2.33. The summed E-state index contributed by atoms with van der Waals surface area (Å²) in [5, 5.41) is 2.39. The molecular formula is C21H34N2O4. The summed E-state index contributed by atoms with van der Waals surface area (Å²) < 4.78 is 5.26. The maximum atomic E-state index is 12.4. The fourth-order valence-corrected chi connectivity index (χ4v) is 3.00. The predicted octanol–water partition coefficient (Wildman–Crippen LogP) is 2.98. The number of likely N-dealkylation sites (N-methyl/N-ethyl adjacent to an activating group) is 2. The van der Waals surface area contributed by atoms with E-state index in [4.69, 9.17) is 4.74 Å². The SMILES string of the molecule is CNC(=O)C(=O)N(C)[C@H](CCC(C)(C)C)C1=CC=C(C(=O)OC(C)C)CC1. The molecule has 0 fully saturated rings. The van der Waals surface area contributed by atoms with Crippen molar-refractivity contribution >= 4 is 17.8 Å². The molecule has 1 aliphatic carbocycles. The van der Waals surface area contributed by atoms with Crippen molar-refractivity contribution in [1.82, 2.24) is 10.2 Å². The number of carbonyl (C=O) groups is 3. The maximum absolute atomic E-state index is 12.4. The highest BCUT2D eigenvalue weighted by Gasteiger charge is 2.29. The lowest BCUT2D eigenvalue weighted by atomic mass is 9.84. The number of hydrogen-bond donors (Lipinski definition) is 1. The first-order chi connectivity index (χ1) is 12.5. The van der Waals surface area contributed by atoms with E-state index in [1.165, 1.54) is 11.9 Å². The van der Waals surface area contributed by atoms with E-state index in [9.17, 15) is 14.4 Å². The van der Waals surface area contributed by atoms with Gasteiger partial charge in [-0.2, -0.15) is 0 Å². The first-order valence-electron chi connectivity index (χ1n) is 9.55. The number of rotatable bonds is 6. The van der Waals surface area contributed by atoms with Gasteiger partial charge in [-0.15, -0.1) is 0 Å². The summed E-state index contributed by atoms with van der Waals surface area (Å²) in [5.74, 6) is -1.46. The average molecular weight is 379 g/mol. The van der Waals surface area contributed by atoms with Crippen LogP contribution in [0.15, 0.2) is 23.3 Å². The van der Waals surface area contributed by atoms with Crippen molar-refractivity contribution in [2.45, 2.75) is 72.4 Å². The van der Waals surface area contributed by atoms with Crippen LogP contribution in [-0.4, -0.2) is 48.9 Å². The van der Waals surface area contributed by atoms with Gasteiger partial charge in [0.1, 0.15) is 0 Å². The molecular weight excluding hydrogens is 344 g/mol. The second-order valence-electron chi connectivity index (χ2n) is 8.50. The van der Waals surface area contributed by atoms with E-state index in [0.29, 0.717) is 18.4 Å². The summed E-state index contributed by atoms with van der Waals surface area (Å²) in [6.07, 6.45) is 6.44. The molecule has 0 aromatic heterocycles. The number of carbonyl (C=O) groups excluding carboxylic acids is 3. The van der Waals surface area contributed by atoms with Crippen LogP contribution in [-0.2, 0) is 19.1 Å². The van der Waals surface area contributed by atoms with Gasteiger partial charge in [-0.1, -0.05) is 32.9 Å². The molecule has 0 aromatic rings. The molecule has 1 N–H and O–H groups in total. The summed E-state index contributed by atoms with van der Waals surface area (Å²) in [6.45, 7) is 10.1. The van der Waals surface area contributed by atoms with Crippen molar-refractivity contribution in [2.75, 3.05) is 14.1 Å². The van der Waals surface area contributed by atoms with Crippen LogP contribution in [0.2, 0.25) is 0 Å². The first kappa shape index (κ1) is 22.9. The van der Waals surface area contributed by atoms with Gasteiger partial charge in [0.25, 0.3) is 0 Å². The van der Waals surface area contributed by atoms with Crippen molar-refractivity contribution in [3.63, 3.8) is 0 Å². The monoisotopic (exact) mass is 378 g/mol. The van der Waals surface area contributed by atoms with Gasteiger partial charge in [-0.05, 0) is 50.5 Å². The van der Waals surface area contributed by atoms with E-state index < -0.39 is 11.8 Å². The van der Waals surface area contributed by atoms with Crippen molar-refractivity contribution in [1.29, 1.82) is 0 Å². The van der Waals surface area contributed by atoms with E-state index in [2.05, 4.69) is 26.1 Å². The summed E-state index contributed by atoms with van der Waals surface area (Å²) >= 11 is 0. The Balaban J connectivity index is 3.03.